The molecule has 0 radical (unpaired) electrons. The molecule has 0 N–H and O–H groups in total. The van der Waals surface area contributed by atoms with Crippen LogP contribution in [-0.4, -0.2) is 49.4 Å². The van der Waals surface area contributed by atoms with Gasteiger partial charge in [-0.1, -0.05) is 35.4 Å². The molecule has 2 aromatic carbocycles. The van der Waals surface area contributed by atoms with Gasteiger partial charge in [0.25, 0.3) is 0 Å². The summed E-state index contributed by atoms with van der Waals surface area (Å²) in [5.41, 5.74) is 4.24. The molecule has 2 aliphatic heterocycles. The van der Waals surface area contributed by atoms with E-state index in [-0.39, 0.29) is 17.7 Å². The van der Waals surface area contributed by atoms with Crippen LogP contribution in [0.4, 0.5) is 11.4 Å². The van der Waals surface area contributed by atoms with E-state index in [0.717, 1.165) is 35.1 Å². The summed E-state index contributed by atoms with van der Waals surface area (Å²) in [6, 6.07) is 13.9. The Morgan fingerprint density at radius 2 is 1.79 bits per heavy atom. The van der Waals surface area contributed by atoms with Crippen LogP contribution in [0.5, 0.6) is 0 Å². The third-order valence-electron chi connectivity index (χ3n) is 5.88. The Morgan fingerprint density at radius 3 is 2.48 bits per heavy atom. The number of nitrogens with zero attached hydrogens (tertiary/aromatic N) is 3. The van der Waals surface area contributed by atoms with Crippen LogP contribution in [0.25, 0.3) is 0 Å². The van der Waals surface area contributed by atoms with Crippen molar-refractivity contribution < 1.29 is 9.59 Å². The Hall–Kier alpha value is -2.53. The fourth-order valence-corrected chi connectivity index (χ4v) is 4.51. The normalized spacial score (nSPS) is 19.8. The maximum Gasteiger partial charge on any atom is 0.228 e. The summed E-state index contributed by atoms with van der Waals surface area (Å²) in [5.74, 6) is -0.134. The molecule has 2 saturated heterocycles. The molecular weight excluding hydrogens is 386 g/mol. The van der Waals surface area contributed by atoms with Crippen LogP contribution in [-0.2, 0) is 9.59 Å². The van der Waals surface area contributed by atoms with E-state index in [1.165, 1.54) is 5.56 Å². The van der Waals surface area contributed by atoms with Crippen molar-refractivity contribution in [1.29, 1.82) is 0 Å². The van der Waals surface area contributed by atoms with Gasteiger partial charge in [0.1, 0.15) is 0 Å². The standard InChI is InChI=1S/C23H26ClN3O2/c1-16-6-7-21(17(2)12-16)27-15-18(13-22(27)28)23(29)26-10-8-25(9-11-26)20-5-3-4-19(24)14-20/h3-7,12,14,18H,8-11,13,15H2,1-2H3. The Morgan fingerprint density at radius 1 is 1.03 bits per heavy atom. The lowest BCUT2D eigenvalue weighted by Crippen LogP contribution is -2.50. The van der Waals surface area contributed by atoms with Crippen molar-refractivity contribution in [2.75, 3.05) is 42.5 Å². The Bertz CT molecular complexity index is 937. The number of piperazine rings is 1. The summed E-state index contributed by atoms with van der Waals surface area (Å²) in [4.78, 5) is 31.6. The molecular formula is C23H26ClN3O2. The van der Waals surface area contributed by atoms with E-state index in [0.29, 0.717) is 26.1 Å². The summed E-state index contributed by atoms with van der Waals surface area (Å²) in [6.07, 6.45) is 0.292. The molecule has 2 fully saturated rings. The van der Waals surface area contributed by atoms with Gasteiger partial charge in [-0.2, -0.15) is 0 Å². The number of carbonyl (C=O) groups excluding carboxylic acids is 2. The molecule has 2 aliphatic rings. The lowest BCUT2D eigenvalue weighted by molar-refractivity contribution is -0.136. The molecule has 4 rings (SSSR count). The first kappa shape index (κ1) is 19.8. The molecule has 1 atom stereocenters. The molecule has 1 unspecified atom stereocenters. The van der Waals surface area contributed by atoms with Gasteiger partial charge in [-0.25, -0.2) is 0 Å². The minimum atomic E-state index is -0.263. The maximum absolute atomic E-state index is 13.1. The predicted molar refractivity (Wildman–Crippen MR) is 117 cm³/mol. The Labute approximate surface area is 176 Å². The van der Waals surface area contributed by atoms with E-state index >= 15 is 0 Å². The molecule has 0 bridgehead atoms. The summed E-state index contributed by atoms with van der Waals surface area (Å²) in [5, 5.41) is 0.719. The van der Waals surface area contributed by atoms with Crippen molar-refractivity contribution in [3.05, 3.63) is 58.6 Å². The van der Waals surface area contributed by atoms with E-state index in [1.807, 2.05) is 55.1 Å². The maximum atomic E-state index is 13.1. The zero-order chi connectivity index (χ0) is 20.5. The van der Waals surface area contributed by atoms with Crippen LogP contribution in [0.15, 0.2) is 42.5 Å². The zero-order valence-corrected chi connectivity index (χ0v) is 17.7. The van der Waals surface area contributed by atoms with Crippen LogP contribution in [0.3, 0.4) is 0 Å². The number of benzene rings is 2. The highest BCUT2D eigenvalue weighted by atomic mass is 35.5. The van der Waals surface area contributed by atoms with Crippen molar-refractivity contribution in [3.63, 3.8) is 0 Å². The van der Waals surface area contributed by atoms with Crippen molar-refractivity contribution in [2.24, 2.45) is 5.92 Å². The average molecular weight is 412 g/mol. The number of hydrogen-bond donors (Lipinski definition) is 0. The first-order chi connectivity index (χ1) is 13.9. The quantitative estimate of drug-likeness (QED) is 0.774. The topological polar surface area (TPSA) is 43.9 Å². The molecule has 6 heteroatoms. The van der Waals surface area contributed by atoms with Gasteiger partial charge in [-0.15, -0.1) is 0 Å². The highest BCUT2D eigenvalue weighted by Crippen LogP contribution is 2.30. The smallest absolute Gasteiger partial charge is 0.228 e. The fraction of sp³-hybridized carbons (Fsp3) is 0.391. The number of anilines is 2. The second-order valence-electron chi connectivity index (χ2n) is 7.99. The molecule has 0 spiro atoms. The summed E-state index contributed by atoms with van der Waals surface area (Å²) >= 11 is 6.10. The van der Waals surface area contributed by atoms with Crippen molar-refractivity contribution in [1.82, 2.24) is 4.90 Å². The minimum absolute atomic E-state index is 0.0351. The number of halogens is 1. The van der Waals surface area contributed by atoms with Crippen LogP contribution in [0.1, 0.15) is 17.5 Å². The monoisotopic (exact) mass is 411 g/mol. The minimum Gasteiger partial charge on any atom is -0.368 e. The van der Waals surface area contributed by atoms with Gasteiger partial charge in [0.05, 0.1) is 5.92 Å². The summed E-state index contributed by atoms with van der Waals surface area (Å²) < 4.78 is 0. The highest BCUT2D eigenvalue weighted by Gasteiger charge is 2.38. The molecule has 0 saturated carbocycles. The van der Waals surface area contributed by atoms with Crippen molar-refractivity contribution >= 4 is 34.8 Å². The van der Waals surface area contributed by atoms with E-state index < -0.39 is 0 Å². The predicted octanol–water partition coefficient (Wildman–Crippen LogP) is 3.66. The van der Waals surface area contributed by atoms with Crippen LogP contribution in [0.2, 0.25) is 5.02 Å². The average Bonchev–Trinajstić information content (AvgIpc) is 3.09. The largest absolute Gasteiger partial charge is 0.368 e. The van der Waals surface area contributed by atoms with Gasteiger partial charge in [0.15, 0.2) is 0 Å². The number of rotatable bonds is 3. The third-order valence-corrected chi connectivity index (χ3v) is 6.12. The Balaban J connectivity index is 1.39. The van der Waals surface area contributed by atoms with Gasteiger partial charge in [-0.3, -0.25) is 9.59 Å². The van der Waals surface area contributed by atoms with E-state index in [1.54, 1.807) is 4.90 Å². The van der Waals surface area contributed by atoms with E-state index in [2.05, 4.69) is 11.0 Å². The van der Waals surface area contributed by atoms with Gasteiger partial charge >= 0.3 is 0 Å². The lowest BCUT2D eigenvalue weighted by Gasteiger charge is -2.37. The second kappa shape index (κ2) is 8.07. The highest BCUT2D eigenvalue weighted by molar-refractivity contribution is 6.30. The van der Waals surface area contributed by atoms with Gasteiger partial charge in [0, 0.05) is 55.5 Å². The molecule has 2 amide bonds. The first-order valence-corrected chi connectivity index (χ1v) is 10.5. The molecule has 2 aromatic rings. The number of aryl methyl sites for hydroxylation is 2. The third kappa shape index (κ3) is 4.10. The number of carbonyl (C=O) groups is 2. The molecule has 2 heterocycles. The molecule has 0 aliphatic carbocycles. The zero-order valence-electron chi connectivity index (χ0n) is 16.9. The molecule has 0 aromatic heterocycles. The van der Waals surface area contributed by atoms with Gasteiger partial charge in [-0.05, 0) is 43.7 Å². The molecule has 5 nitrogen and oxygen atoms in total. The number of amides is 2. The Kier molecular flexibility index (Phi) is 5.50. The van der Waals surface area contributed by atoms with E-state index in [4.69, 9.17) is 11.6 Å². The van der Waals surface area contributed by atoms with Crippen LogP contribution >= 0.6 is 11.6 Å². The number of hydrogen-bond acceptors (Lipinski definition) is 3. The summed E-state index contributed by atoms with van der Waals surface area (Å²) in [6.45, 7) is 7.40. The van der Waals surface area contributed by atoms with Crippen molar-refractivity contribution in [2.45, 2.75) is 20.3 Å². The summed E-state index contributed by atoms with van der Waals surface area (Å²) in [7, 11) is 0. The van der Waals surface area contributed by atoms with Crippen molar-refractivity contribution in [3.8, 4) is 0 Å². The van der Waals surface area contributed by atoms with Gasteiger partial charge in [0.2, 0.25) is 11.8 Å². The van der Waals surface area contributed by atoms with Crippen LogP contribution < -0.4 is 9.80 Å². The lowest BCUT2D eigenvalue weighted by atomic mass is 10.1. The molecule has 152 valence electrons. The first-order valence-electron chi connectivity index (χ1n) is 10.1. The second-order valence-corrected chi connectivity index (χ2v) is 8.42. The SMILES string of the molecule is Cc1ccc(N2CC(C(=O)N3CCN(c4cccc(Cl)c4)CC3)CC2=O)c(C)c1. The fourth-order valence-electron chi connectivity index (χ4n) is 4.33. The van der Waals surface area contributed by atoms with Crippen LogP contribution in [0, 0.1) is 19.8 Å². The van der Waals surface area contributed by atoms with Gasteiger partial charge < -0.3 is 14.7 Å². The molecule has 29 heavy (non-hydrogen) atoms. The van der Waals surface area contributed by atoms with E-state index in [9.17, 15) is 9.59 Å².